The zero-order valence-corrected chi connectivity index (χ0v) is 11.0. The lowest BCUT2D eigenvalue weighted by Crippen LogP contribution is -2.42. The third-order valence-electron chi connectivity index (χ3n) is 3.04. The molecule has 0 unspecified atom stereocenters. The number of carbonyl (C=O) groups is 2. The summed E-state index contributed by atoms with van der Waals surface area (Å²) in [5.74, 6) is 0.0657. The molecule has 0 spiro atoms. The van der Waals surface area contributed by atoms with Crippen molar-refractivity contribution in [1.82, 2.24) is 10.6 Å². The van der Waals surface area contributed by atoms with Crippen molar-refractivity contribution in [3.05, 3.63) is 0 Å². The van der Waals surface area contributed by atoms with Gasteiger partial charge in [-0.2, -0.15) is 0 Å². The van der Waals surface area contributed by atoms with Crippen LogP contribution in [0.4, 0.5) is 0 Å². The Hall–Kier alpha value is -0.810. The number of hydrogen-bond acceptors (Lipinski definition) is 3. The van der Waals surface area contributed by atoms with E-state index >= 15 is 0 Å². The summed E-state index contributed by atoms with van der Waals surface area (Å²) < 4.78 is 0. The number of rotatable bonds is 5. The van der Waals surface area contributed by atoms with Crippen LogP contribution in [0.15, 0.2) is 0 Å². The molecule has 0 aromatic rings. The van der Waals surface area contributed by atoms with Crippen LogP contribution in [-0.4, -0.2) is 30.9 Å². The monoisotopic (exact) mass is 263 g/mol. The maximum atomic E-state index is 11.5. The minimum absolute atomic E-state index is 0. The van der Waals surface area contributed by atoms with E-state index < -0.39 is 11.9 Å². The highest BCUT2D eigenvalue weighted by Gasteiger charge is 2.16. The summed E-state index contributed by atoms with van der Waals surface area (Å²) in [5.41, 5.74) is 5.06. The first kappa shape index (κ1) is 16.2. The van der Waals surface area contributed by atoms with Gasteiger partial charge in [0, 0.05) is 6.42 Å². The molecule has 1 fully saturated rings. The normalized spacial score (nSPS) is 17.9. The Bertz CT molecular complexity index is 255. The van der Waals surface area contributed by atoms with Crippen LogP contribution in [0.1, 0.15) is 32.6 Å². The van der Waals surface area contributed by atoms with Crippen molar-refractivity contribution < 1.29 is 9.59 Å². The largest absolute Gasteiger partial charge is 0.368 e. The molecule has 0 aromatic heterocycles. The van der Waals surface area contributed by atoms with Gasteiger partial charge >= 0.3 is 0 Å². The van der Waals surface area contributed by atoms with Gasteiger partial charge in [0.1, 0.15) is 6.04 Å². The third-order valence-corrected chi connectivity index (χ3v) is 3.04. The van der Waals surface area contributed by atoms with Gasteiger partial charge in [0.2, 0.25) is 11.8 Å². The maximum absolute atomic E-state index is 11.5. The van der Waals surface area contributed by atoms with Crippen LogP contribution in [-0.2, 0) is 9.59 Å². The lowest BCUT2D eigenvalue weighted by molar-refractivity contribution is -0.127. The van der Waals surface area contributed by atoms with Gasteiger partial charge < -0.3 is 16.4 Å². The molecular formula is C11H22ClN3O2. The highest BCUT2D eigenvalue weighted by molar-refractivity contribution is 5.86. The number of nitrogens with one attached hydrogen (secondary N) is 2. The van der Waals surface area contributed by atoms with Crippen molar-refractivity contribution in [2.75, 3.05) is 13.1 Å². The van der Waals surface area contributed by atoms with Gasteiger partial charge in [0.25, 0.3) is 0 Å². The molecule has 1 atom stereocenters. The minimum atomic E-state index is -0.569. The highest BCUT2D eigenvalue weighted by atomic mass is 35.5. The Kier molecular flexibility index (Phi) is 7.91. The van der Waals surface area contributed by atoms with E-state index in [1.165, 1.54) is 0 Å². The average molecular weight is 264 g/mol. The molecule has 6 heteroatoms. The van der Waals surface area contributed by atoms with Crippen molar-refractivity contribution in [3.63, 3.8) is 0 Å². The fourth-order valence-corrected chi connectivity index (χ4v) is 1.89. The van der Waals surface area contributed by atoms with Gasteiger partial charge in [-0.1, -0.05) is 0 Å². The molecule has 1 aliphatic rings. The van der Waals surface area contributed by atoms with Gasteiger partial charge in [-0.15, -0.1) is 12.4 Å². The number of amides is 2. The Labute approximate surface area is 108 Å². The number of primary amides is 1. The topological polar surface area (TPSA) is 84.2 Å². The molecule has 0 bridgehead atoms. The molecule has 1 saturated heterocycles. The van der Waals surface area contributed by atoms with Crippen molar-refractivity contribution >= 4 is 24.2 Å². The molecule has 0 aliphatic carbocycles. The molecule has 17 heavy (non-hydrogen) atoms. The van der Waals surface area contributed by atoms with Crippen LogP contribution in [0.5, 0.6) is 0 Å². The Morgan fingerprint density at radius 1 is 1.41 bits per heavy atom. The summed E-state index contributed by atoms with van der Waals surface area (Å²) in [6.45, 7) is 3.69. The number of nitrogens with two attached hydrogens (primary N) is 1. The third kappa shape index (κ3) is 6.48. The Morgan fingerprint density at radius 2 is 2.00 bits per heavy atom. The first-order valence-corrected chi connectivity index (χ1v) is 5.89. The van der Waals surface area contributed by atoms with Crippen molar-refractivity contribution in [3.8, 4) is 0 Å². The molecule has 0 radical (unpaired) electrons. The van der Waals surface area contributed by atoms with Crippen LogP contribution in [0.3, 0.4) is 0 Å². The smallest absolute Gasteiger partial charge is 0.239 e. The zero-order chi connectivity index (χ0) is 12.0. The van der Waals surface area contributed by atoms with Gasteiger partial charge in [0.15, 0.2) is 0 Å². The molecular weight excluding hydrogens is 242 g/mol. The minimum Gasteiger partial charge on any atom is -0.368 e. The van der Waals surface area contributed by atoms with Crippen molar-refractivity contribution in [2.24, 2.45) is 11.7 Å². The first-order chi connectivity index (χ1) is 7.59. The van der Waals surface area contributed by atoms with Crippen LogP contribution >= 0.6 is 12.4 Å². The fourth-order valence-electron chi connectivity index (χ4n) is 1.89. The second kappa shape index (κ2) is 8.31. The summed E-state index contributed by atoms with van der Waals surface area (Å²) in [4.78, 5) is 22.2. The van der Waals surface area contributed by atoms with E-state index in [4.69, 9.17) is 5.73 Å². The van der Waals surface area contributed by atoms with Gasteiger partial charge in [-0.3, -0.25) is 9.59 Å². The molecule has 4 N–H and O–H groups in total. The molecule has 2 amide bonds. The van der Waals surface area contributed by atoms with E-state index in [1.807, 2.05) is 0 Å². The standard InChI is InChI=1S/C11H21N3O2.ClH/c1-8(11(12)16)14-10(15)3-2-9-4-6-13-7-5-9;/h8-9,13H,2-7H2,1H3,(H2,12,16)(H,14,15);1H/t8-;/m0./s1. The van der Waals surface area contributed by atoms with E-state index in [1.54, 1.807) is 6.92 Å². The zero-order valence-electron chi connectivity index (χ0n) is 10.2. The first-order valence-electron chi connectivity index (χ1n) is 5.89. The van der Waals surface area contributed by atoms with E-state index in [2.05, 4.69) is 10.6 Å². The van der Waals surface area contributed by atoms with Crippen molar-refractivity contribution in [2.45, 2.75) is 38.6 Å². The molecule has 0 saturated carbocycles. The van der Waals surface area contributed by atoms with E-state index in [9.17, 15) is 9.59 Å². The summed E-state index contributed by atoms with van der Waals surface area (Å²) in [6, 6.07) is -0.569. The number of halogens is 1. The molecule has 100 valence electrons. The average Bonchev–Trinajstić information content (AvgIpc) is 2.27. The molecule has 5 nitrogen and oxygen atoms in total. The lowest BCUT2D eigenvalue weighted by Gasteiger charge is -2.22. The molecule has 0 aromatic carbocycles. The lowest BCUT2D eigenvalue weighted by atomic mass is 9.93. The number of carbonyl (C=O) groups excluding carboxylic acids is 2. The fraction of sp³-hybridized carbons (Fsp3) is 0.818. The summed E-state index contributed by atoms with van der Waals surface area (Å²) in [5, 5.41) is 5.88. The maximum Gasteiger partial charge on any atom is 0.239 e. The van der Waals surface area contributed by atoms with E-state index in [0.29, 0.717) is 12.3 Å². The van der Waals surface area contributed by atoms with Gasteiger partial charge in [-0.05, 0) is 45.2 Å². The summed E-state index contributed by atoms with van der Waals surface area (Å²) in [7, 11) is 0. The Balaban J connectivity index is 0.00000256. The predicted molar refractivity (Wildman–Crippen MR) is 68.9 cm³/mol. The predicted octanol–water partition coefficient (Wildman–Crippen LogP) is 0.178. The molecule has 1 heterocycles. The van der Waals surface area contributed by atoms with Crippen LogP contribution in [0, 0.1) is 5.92 Å². The van der Waals surface area contributed by atoms with Crippen LogP contribution < -0.4 is 16.4 Å². The van der Waals surface area contributed by atoms with Crippen LogP contribution in [0.25, 0.3) is 0 Å². The summed E-state index contributed by atoms with van der Waals surface area (Å²) in [6.07, 6.45) is 3.67. The SMILES string of the molecule is C[C@H](NC(=O)CCC1CCNCC1)C(N)=O.Cl. The Morgan fingerprint density at radius 3 is 2.53 bits per heavy atom. The van der Waals surface area contributed by atoms with E-state index in [-0.39, 0.29) is 18.3 Å². The number of piperidine rings is 1. The van der Waals surface area contributed by atoms with Gasteiger partial charge in [-0.25, -0.2) is 0 Å². The van der Waals surface area contributed by atoms with Crippen LogP contribution in [0.2, 0.25) is 0 Å². The molecule has 1 rings (SSSR count). The molecule has 1 aliphatic heterocycles. The summed E-state index contributed by atoms with van der Waals surface area (Å²) >= 11 is 0. The number of hydrogen-bond donors (Lipinski definition) is 3. The van der Waals surface area contributed by atoms with Crippen molar-refractivity contribution in [1.29, 1.82) is 0 Å². The van der Waals surface area contributed by atoms with E-state index in [0.717, 1.165) is 32.4 Å². The van der Waals surface area contributed by atoms with Gasteiger partial charge in [0.05, 0.1) is 0 Å². The quantitative estimate of drug-likeness (QED) is 0.662. The second-order valence-corrected chi connectivity index (χ2v) is 4.42. The highest BCUT2D eigenvalue weighted by Crippen LogP contribution is 2.17. The second-order valence-electron chi connectivity index (χ2n) is 4.42.